The molecule has 1 N–H and O–H groups in total. The van der Waals surface area contributed by atoms with Gasteiger partial charge in [0.1, 0.15) is 11.9 Å². The van der Waals surface area contributed by atoms with E-state index in [9.17, 15) is 20.0 Å². The number of aryl methyl sites for hydroxylation is 1. The Hall–Kier alpha value is -2.08. The average Bonchev–Trinajstić information content (AvgIpc) is 3.42. The first-order valence-corrected chi connectivity index (χ1v) is 13.4. The van der Waals surface area contributed by atoms with Gasteiger partial charge < -0.3 is 14.6 Å². The van der Waals surface area contributed by atoms with Crippen molar-refractivity contribution in [1.82, 2.24) is 4.98 Å². The number of aliphatic hydroxyl groups is 1. The average molecular weight is 503 g/mol. The van der Waals surface area contributed by atoms with Crippen LogP contribution in [0.5, 0.6) is 0 Å². The van der Waals surface area contributed by atoms with Crippen molar-refractivity contribution >= 4 is 29.2 Å². The van der Waals surface area contributed by atoms with E-state index in [0.717, 1.165) is 35.5 Å². The summed E-state index contributed by atoms with van der Waals surface area (Å²) in [4.78, 5) is 30.8. The molecule has 0 aromatic carbocycles. The van der Waals surface area contributed by atoms with Crippen LogP contribution in [0.4, 0.5) is 0 Å². The van der Waals surface area contributed by atoms with Gasteiger partial charge in [-0.15, -0.1) is 11.3 Å². The minimum atomic E-state index is -1.10. The van der Waals surface area contributed by atoms with Crippen molar-refractivity contribution in [3.05, 3.63) is 21.7 Å². The highest BCUT2D eigenvalue weighted by molar-refractivity contribution is 7.09. The highest BCUT2D eigenvalue weighted by atomic mass is 32.1. The molecule has 1 unspecified atom stereocenters. The number of hydrogen-bond acceptors (Lipinski definition) is 8. The number of carbonyl (C=O) groups excluding carboxylic acids is 2. The van der Waals surface area contributed by atoms with Crippen molar-refractivity contribution in [3.8, 4) is 6.07 Å². The van der Waals surface area contributed by atoms with Gasteiger partial charge in [0.05, 0.1) is 47.4 Å². The Bertz CT molecular complexity index is 994. The van der Waals surface area contributed by atoms with Crippen molar-refractivity contribution < 1.29 is 24.2 Å². The predicted octanol–water partition coefficient (Wildman–Crippen LogP) is 4.87. The Kier molecular flexibility index (Phi) is 8.90. The van der Waals surface area contributed by atoms with Crippen LogP contribution in [-0.2, 0) is 19.1 Å². The molecule has 1 aromatic heterocycles. The van der Waals surface area contributed by atoms with E-state index in [4.69, 9.17) is 9.47 Å². The molecule has 3 rings (SSSR count). The molecule has 7 nitrogen and oxygen atoms in total. The lowest BCUT2D eigenvalue weighted by Gasteiger charge is -2.34. The van der Waals surface area contributed by atoms with E-state index in [1.165, 1.54) is 0 Å². The van der Waals surface area contributed by atoms with E-state index in [-0.39, 0.29) is 30.3 Å². The third-order valence-corrected chi connectivity index (χ3v) is 8.41. The summed E-state index contributed by atoms with van der Waals surface area (Å²) in [6.07, 6.45) is 3.61. The zero-order valence-corrected chi connectivity index (χ0v) is 22.4. The summed E-state index contributed by atoms with van der Waals surface area (Å²) in [5.41, 5.74) is 0.589. The molecule has 0 saturated carbocycles. The first-order chi connectivity index (χ1) is 16.4. The Balaban J connectivity index is 1.85. The summed E-state index contributed by atoms with van der Waals surface area (Å²) in [5, 5.41) is 23.6. The Morgan fingerprint density at radius 3 is 2.63 bits per heavy atom. The smallest absolute Gasteiger partial charge is 0.307 e. The van der Waals surface area contributed by atoms with Gasteiger partial charge in [-0.05, 0) is 44.3 Å². The molecule has 8 heteroatoms. The van der Waals surface area contributed by atoms with Gasteiger partial charge >= 0.3 is 5.97 Å². The van der Waals surface area contributed by atoms with Crippen LogP contribution in [0.15, 0.2) is 11.0 Å². The number of thiazole rings is 1. The number of cyclic esters (lactones) is 1. The van der Waals surface area contributed by atoms with E-state index < -0.39 is 35.4 Å². The number of fused-ring (bicyclic) bond motifs is 1. The van der Waals surface area contributed by atoms with E-state index in [1.807, 2.05) is 32.2 Å². The van der Waals surface area contributed by atoms with E-state index >= 15 is 0 Å². The number of epoxide rings is 1. The van der Waals surface area contributed by atoms with Crippen LogP contribution in [0.1, 0.15) is 77.4 Å². The lowest BCUT2D eigenvalue weighted by atomic mass is 9.69. The summed E-state index contributed by atoms with van der Waals surface area (Å²) in [6, 6.07) is 2.16. The molecule has 2 saturated heterocycles. The van der Waals surface area contributed by atoms with Gasteiger partial charge in [-0.1, -0.05) is 34.1 Å². The third-order valence-electron chi connectivity index (χ3n) is 7.62. The van der Waals surface area contributed by atoms with Gasteiger partial charge in [0.15, 0.2) is 0 Å². The SMILES string of the molecule is C/C(=C\c1csc(C)n1)C1C[C@@H]2O[C@@H]2CCC[C@H](C)[C@H](O)[C@@H](C)C(=O)C(C)(C)[C@@H](C#N)CC(=O)O1. The molecular weight excluding hydrogens is 464 g/mol. The molecule has 0 spiro atoms. The minimum Gasteiger partial charge on any atom is -0.458 e. The quantitative estimate of drug-likeness (QED) is 0.453. The van der Waals surface area contributed by atoms with Crippen LogP contribution >= 0.6 is 11.3 Å². The topological polar surface area (TPSA) is 113 Å². The van der Waals surface area contributed by atoms with E-state index in [1.54, 1.807) is 32.1 Å². The number of carbonyl (C=O) groups is 2. The first-order valence-electron chi connectivity index (χ1n) is 12.5. The van der Waals surface area contributed by atoms with Crippen molar-refractivity contribution in [3.63, 3.8) is 0 Å². The zero-order chi connectivity index (χ0) is 25.9. The van der Waals surface area contributed by atoms with Crippen molar-refractivity contribution in [2.75, 3.05) is 0 Å². The Morgan fingerprint density at radius 1 is 1.29 bits per heavy atom. The van der Waals surface area contributed by atoms with Crippen LogP contribution in [0.2, 0.25) is 0 Å². The molecule has 0 bridgehead atoms. The highest BCUT2D eigenvalue weighted by Gasteiger charge is 2.45. The van der Waals surface area contributed by atoms with Gasteiger partial charge in [0.25, 0.3) is 0 Å². The summed E-state index contributed by atoms with van der Waals surface area (Å²) < 4.78 is 11.8. The monoisotopic (exact) mass is 502 g/mol. The van der Waals surface area contributed by atoms with Crippen molar-refractivity contribution in [2.45, 2.75) is 98.1 Å². The second kappa shape index (κ2) is 11.3. The second-order valence-corrected chi connectivity index (χ2v) is 11.8. The van der Waals surface area contributed by atoms with Crippen LogP contribution in [0.3, 0.4) is 0 Å². The maximum Gasteiger partial charge on any atom is 0.307 e. The van der Waals surface area contributed by atoms with Gasteiger partial charge in [-0.2, -0.15) is 5.26 Å². The molecule has 192 valence electrons. The fourth-order valence-electron chi connectivity index (χ4n) is 5.00. The molecule has 2 fully saturated rings. The number of ether oxygens (including phenoxy) is 2. The lowest BCUT2D eigenvalue weighted by Crippen LogP contribution is -2.43. The zero-order valence-electron chi connectivity index (χ0n) is 21.6. The fraction of sp³-hybridized carbons (Fsp3) is 0.704. The summed E-state index contributed by atoms with van der Waals surface area (Å²) in [7, 11) is 0. The molecule has 0 amide bonds. The first kappa shape index (κ1) is 27.5. The van der Waals surface area contributed by atoms with Gasteiger partial charge in [0.2, 0.25) is 0 Å². The molecule has 0 radical (unpaired) electrons. The largest absolute Gasteiger partial charge is 0.458 e. The van der Waals surface area contributed by atoms with Crippen LogP contribution in [-0.4, -0.2) is 46.3 Å². The van der Waals surface area contributed by atoms with Crippen molar-refractivity contribution in [1.29, 1.82) is 5.26 Å². The summed E-state index contributed by atoms with van der Waals surface area (Å²) in [6.45, 7) is 10.9. The second-order valence-electron chi connectivity index (χ2n) is 10.8. The van der Waals surface area contributed by atoms with Crippen LogP contribution in [0.25, 0.3) is 6.08 Å². The number of nitriles is 1. The van der Waals surface area contributed by atoms with E-state index in [0.29, 0.717) is 6.42 Å². The Labute approximate surface area is 212 Å². The van der Waals surface area contributed by atoms with Crippen LogP contribution < -0.4 is 0 Å². The highest BCUT2D eigenvalue weighted by Crippen LogP contribution is 2.38. The standard InChI is InChI=1S/C27H38N2O5S/c1-15-8-7-9-21-23(33-21)12-22(16(2)10-20-14-35-18(4)29-20)34-24(30)11-19(13-28)27(5,6)26(32)17(3)25(15)31/h10,14-15,17,19,21-23,25,31H,7-9,11-12H2,1-6H3/b16-10+/t15-,17+,19+,21+,22?,23-,25-/m0/s1. The normalized spacial score (nSPS) is 35.0. The van der Waals surface area contributed by atoms with Gasteiger partial charge in [0, 0.05) is 23.1 Å². The molecular formula is C27H38N2O5S. The molecule has 2 aliphatic rings. The molecule has 3 heterocycles. The minimum absolute atomic E-state index is 0.00478. The number of rotatable bonds is 2. The van der Waals surface area contributed by atoms with Crippen molar-refractivity contribution in [2.24, 2.45) is 23.2 Å². The summed E-state index contributed by atoms with van der Waals surface area (Å²) in [5.74, 6) is -2.28. The number of esters is 1. The van der Waals surface area contributed by atoms with E-state index in [2.05, 4.69) is 11.1 Å². The third kappa shape index (κ3) is 6.78. The Morgan fingerprint density at radius 2 is 2.00 bits per heavy atom. The van der Waals surface area contributed by atoms with Crippen LogP contribution in [0, 0.1) is 41.4 Å². The molecule has 35 heavy (non-hydrogen) atoms. The number of aliphatic hydroxyl groups excluding tert-OH is 1. The van der Waals surface area contributed by atoms with Gasteiger partial charge in [-0.25, -0.2) is 4.98 Å². The van der Waals surface area contributed by atoms with Gasteiger partial charge in [-0.3, -0.25) is 9.59 Å². The predicted molar refractivity (Wildman–Crippen MR) is 134 cm³/mol. The number of hydrogen-bond donors (Lipinski definition) is 1. The molecule has 2 aliphatic heterocycles. The number of ketones is 1. The maximum absolute atomic E-state index is 13.3. The number of Topliss-reactive ketones (excluding diaryl/α,β-unsaturated/α-hetero) is 1. The maximum atomic E-state index is 13.3. The summed E-state index contributed by atoms with van der Waals surface area (Å²) >= 11 is 1.56. The molecule has 1 aromatic rings. The lowest BCUT2D eigenvalue weighted by molar-refractivity contribution is -0.150. The number of aromatic nitrogens is 1. The fourth-order valence-corrected chi connectivity index (χ4v) is 5.57. The number of nitrogens with zero attached hydrogens (tertiary/aromatic N) is 2. The molecule has 0 aliphatic carbocycles. The molecule has 7 atom stereocenters.